The maximum atomic E-state index is 12.7. The zero-order chi connectivity index (χ0) is 19.3. The Kier molecular flexibility index (Phi) is 6.48. The van der Waals surface area contributed by atoms with Crippen molar-refractivity contribution in [2.24, 2.45) is 5.41 Å². The van der Waals surface area contributed by atoms with Crippen molar-refractivity contribution in [2.75, 3.05) is 12.4 Å². The SMILES string of the molecule is COc1ccccc1SC(C)C(=O)c1ccc(NC(=O)C(C)(C)C)cc1. The van der Waals surface area contributed by atoms with Gasteiger partial charge in [-0.15, -0.1) is 11.8 Å². The number of amides is 1. The molecule has 0 fully saturated rings. The molecule has 0 saturated heterocycles. The van der Waals surface area contributed by atoms with Crippen LogP contribution in [0.1, 0.15) is 38.1 Å². The van der Waals surface area contributed by atoms with Crippen LogP contribution in [-0.4, -0.2) is 24.1 Å². The van der Waals surface area contributed by atoms with E-state index in [0.717, 1.165) is 10.6 Å². The molecule has 1 amide bonds. The molecule has 1 unspecified atom stereocenters. The van der Waals surface area contributed by atoms with Crippen molar-refractivity contribution in [3.05, 3.63) is 54.1 Å². The van der Waals surface area contributed by atoms with Crippen LogP contribution in [0.2, 0.25) is 0 Å². The summed E-state index contributed by atoms with van der Waals surface area (Å²) >= 11 is 1.47. The Bertz CT molecular complexity index is 779. The Labute approximate surface area is 159 Å². The number of ketones is 1. The van der Waals surface area contributed by atoms with Crippen LogP contribution >= 0.6 is 11.8 Å². The first-order chi connectivity index (χ1) is 12.2. The first kappa shape index (κ1) is 20.0. The molecule has 0 aliphatic rings. The molecule has 2 rings (SSSR count). The Hall–Kier alpha value is -2.27. The lowest BCUT2D eigenvalue weighted by Gasteiger charge is -2.18. The fourth-order valence-electron chi connectivity index (χ4n) is 2.23. The zero-order valence-electron chi connectivity index (χ0n) is 15.8. The van der Waals surface area contributed by atoms with Gasteiger partial charge < -0.3 is 10.1 Å². The Balaban J connectivity index is 2.06. The molecule has 2 aromatic rings. The van der Waals surface area contributed by atoms with E-state index in [-0.39, 0.29) is 16.9 Å². The lowest BCUT2D eigenvalue weighted by Crippen LogP contribution is -2.27. The van der Waals surface area contributed by atoms with E-state index in [2.05, 4.69) is 5.32 Å². The van der Waals surface area contributed by atoms with Crippen LogP contribution in [0.5, 0.6) is 5.75 Å². The van der Waals surface area contributed by atoms with Crippen molar-refractivity contribution in [1.29, 1.82) is 0 Å². The van der Waals surface area contributed by atoms with Crippen LogP contribution in [0.15, 0.2) is 53.4 Å². The second-order valence-corrected chi connectivity index (χ2v) is 8.44. The van der Waals surface area contributed by atoms with Crippen molar-refractivity contribution >= 4 is 29.1 Å². The molecule has 0 aliphatic carbocycles. The Morgan fingerprint density at radius 1 is 1.04 bits per heavy atom. The predicted octanol–water partition coefficient (Wildman–Crippen LogP) is 5.04. The first-order valence-electron chi connectivity index (χ1n) is 8.48. The van der Waals surface area contributed by atoms with Gasteiger partial charge in [-0.1, -0.05) is 32.9 Å². The van der Waals surface area contributed by atoms with Gasteiger partial charge in [-0.3, -0.25) is 9.59 Å². The average Bonchev–Trinajstić information content (AvgIpc) is 2.61. The van der Waals surface area contributed by atoms with E-state index in [1.54, 1.807) is 31.4 Å². The number of hydrogen-bond donors (Lipinski definition) is 1. The van der Waals surface area contributed by atoms with Crippen LogP contribution in [-0.2, 0) is 4.79 Å². The summed E-state index contributed by atoms with van der Waals surface area (Å²) in [7, 11) is 1.62. The molecule has 1 N–H and O–H groups in total. The van der Waals surface area contributed by atoms with E-state index in [1.807, 2.05) is 52.0 Å². The molecular weight excluding hydrogens is 346 g/mol. The summed E-state index contributed by atoms with van der Waals surface area (Å²) in [4.78, 5) is 25.7. The van der Waals surface area contributed by atoms with Gasteiger partial charge in [0.25, 0.3) is 0 Å². The number of thioether (sulfide) groups is 1. The summed E-state index contributed by atoms with van der Waals surface area (Å²) in [6.07, 6.45) is 0. The number of nitrogens with one attached hydrogen (secondary N) is 1. The van der Waals surface area contributed by atoms with E-state index in [4.69, 9.17) is 4.74 Å². The molecule has 26 heavy (non-hydrogen) atoms. The van der Waals surface area contributed by atoms with E-state index in [1.165, 1.54) is 11.8 Å². The van der Waals surface area contributed by atoms with E-state index in [0.29, 0.717) is 11.3 Å². The lowest BCUT2D eigenvalue weighted by molar-refractivity contribution is -0.123. The highest BCUT2D eigenvalue weighted by atomic mass is 32.2. The molecule has 4 nitrogen and oxygen atoms in total. The number of para-hydroxylation sites is 1. The van der Waals surface area contributed by atoms with Crippen LogP contribution in [0, 0.1) is 5.41 Å². The molecule has 0 radical (unpaired) electrons. The van der Waals surface area contributed by atoms with Crippen molar-refractivity contribution in [3.8, 4) is 5.75 Å². The van der Waals surface area contributed by atoms with Gasteiger partial charge in [-0.05, 0) is 43.3 Å². The Morgan fingerprint density at radius 2 is 1.65 bits per heavy atom. The van der Waals surface area contributed by atoms with Gasteiger partial charge in [0.05, 0.1) is 17.3 Å². The van der Waals surface area contributed by atoms with Gasteiger partial charge in [-0.25, -0.2) is 0 Å². The summed E-state index contributed by atoms with van der Waals surface area (Å²) in [5.74, 6) is 0.740. The quantitative estimate of drug-likeness (QED) is 0.571. The number of hydrogen-bond acceptors (Lipinski definition) is 4. The van der Waals surface area contributed by atoms with Gasteiger partial charge in [0.1, 0.15) is 5.75 Å². The molecule has 2 aromatic carbocycles. The zero-order valence-corrected chi connectivity index (χ0v) is 16.6. The normalized spacial score (nSPS) is 12.3. The number of benzene rings is 2. The number of Topliss-reactive ketones (excluding diaryl/α,β-unsaturated/α-hetero) is 1. The van der Waals surface area contributed by atoms with E-state index >= 15 is 0 Å². The average molecular weight is 372 g/mol. The molecule has 0 bridgehead atoms. The topological polar surface area (TPSA) is 55.4 Å². The molecule has 1 atom stereocenters. The third kappa shape index (κ3) is 5.11. The molecule has 0 heterocycles. The van der Waals surface area contributed by atoms with Crippen LogP contribution in [0.4, 0.5) is 5.69 Å². The fraction of sp³-hybridized carbons (Fsp3) is 0.333. The summed E-state index contributed by atoms with van der Waals surface area (Å²) in [5, 5.41) is 2.61. The first-order valence-corrected chi connectivity index (χ1v) is 9.35. The molecule has 0 aliphatic heterocycles. The highest BCUT2D eigenvalue weighted by molar-refractivity contribution is 8.00. The summed E-state index contributed by atoms with van der Waals surface area (Å²) < 4.78 is 5.34. The van der Waals surface area contributed by atoms with Gasteiger partial charge in [-0.2, -0.15) is 0 Å². The minimum Gasteiger partial charge on any atom is -0.496 e. The molecule has 0 saturated carbocycles. The smallest absolute Gasteiger partial charge is 0.229 e. The van der Waals surface area contributed by atoms with E-state index in [9.17, 15) is 9.59 Å². The second kappa shape index (κ2) is 8.41. The van der Waals surface area contributed by atoms with Gasteiger partial charge in [0, 0.05) is 16.7 Å². The lowest BCUT2D eigenvalue weighted by atomic mass is 9.95. The summed E-state index contributed by atoms with van der Waals surface area (Å²) in [6, 6.07) is 14.7. The highest BCUT2D eigenvalue weighted by Gasteiger charge is 2.22. The van der Waals surface area contributed by atoms with Gasteiger partial charge in [0.15, 0.2) is 5.78 Å². The highest BCUT2D eigenvalue weighted by Crippen LogP contribution is 2.33. The number of methoxy groups -OCH3 is 1. The largest absolute Gasteiger partial charge is 0.496 e. The van der Waals surface area contributed by atoms with Crippen LogP contribution in [0.25, 0.3) is 0 Å². The van der Waals surface area contributed by atoms with Crippen molar-refractivity contribution in [1.82, 2.24) is 0 Å². The fourth-order valence-corrected chi connectivity index (χ4v) is 3.28. The number of ether oxygens (including phenoxy) is 1. The van der Waals surface area contributed by atoms with Crippen LogP contribution < -0.4 is 10.1 Å². The third-order valence-electron chi connectivity index (χ3n) is 3.85. The maximum absolute atomic E-state index is 12.7. The van der Waals surface area contributed by atoms with Gasteiger partial charge >= 0.3 is 0 Å². The van der Waals surface area contributed by atoms with Crippen LogP contribution in [0.3, 0.4) is 0 Å². The molecular formula is C21H25NO3S. The maximum Gasteiger partial charge on any atom is 0.229 e. The molecule has 0 aromatic heterocycles. The minimum absolute atomic E-state index is 0.0367. The Morgan fingerprint density at radius 3 is 2.23 bits per heavy atom. The van der Waals surface area contributed by atoms with Crippen molar-refractivity contribution in [3.63, 3.8) is 0 Å². The predicted molar refractivity (Wildman–Crippen MR) is 107 cm³/mol. The van der Waals surface area contributed by atoms with Crippen molar-refractivity contribution < 1.29 is 14.3 Å². The summed E-state index contributed by atoms with van der Waals surface area (Å²) in [5.41, 5.74) is 0.842. The minimum atomic E-state index is -0.464. The third-order valence-corrected chi connectivity index (χ3v) is 5.01. The van der Waals surface area contributed by atoms with Gasteiger partial charge in [0.2, 0.25) is 5.91 Å². The summed E-state index contributed by atoms with van der Waals surface area (Å²) in [6.45, 7) is 7.46. The number of rotatable bonds is 6. The molecule has 138 valence electrons. The van der Waals surface area contributed by atoms with E-state index < -0.39 is 5.41 Å². The molecule has 0 spiro atoms. The molecule has 5 heteroatoms. The second-order valence-electron chi connectivity index (χ2n) is 7.06. The standard InChI is InChI=1S/C21H25NO3S/c1-14(26-18-9-7-6-8-17(18)25-5)19(23)15-10-12-16(13-11-15)22-20(24)21(2,3)4/h6-14H,1-5H3,(H,22,24). The van der Waals surface area contributed by atoms with Crippen molar-refractivity contribution in [2.45, 2.75) is 37.8 Å². The number of carbonyl (C=O) groups is 2. The number of anilines is 1. The monoisotopic (exact) mass is 371 g/mol. The number of carbonyl (C=O) groups excluding carboxylic acids is 2.